The molecule has 0 bridgehead atoms. The van der Waals surface area contributed by atoms with Crippen LogP contribution in [0.25, 0.3) is 11.4 Å². The number of benzene rings is 2. The van der Waals surface area contributed by atoms with Crippen LogP contribution in [0.1, 0.15) is 36.8 Å². The number of carbonyl (C=O) groups excluding carboxylic acids is 1. The highest BCUT2D eigenvalue weighted by atomic mass is 16.5. The van der Waals surface area contributed by atoms with E-state index in [0.717, 1.165) is 31.6 Å². The van der Waals surface area contributed by atoms with Gasteiger partial charge in [0.15, 0.2) is 0 Å². The molecule has 1 aliphatic heterocycles. The highest BCUT2D eigenvalue weighted by Gasteiger charge is 2.35. The van der Waals surface area contributed by atoms with E-state index < -0.39 is 0 Å². The first-order chi connectivity index (χ1) is 15.2. The molecular weight excluding hydrogens is 390 g/mol. The van der Waals surface area contributed by atoms with Crippen molar-refractivity contribution in [1.82, 2.24) is 25.5 Å². The van der Waals surface area contributed by atoms with E-state index in [0.29, 0.717) is 31.8 Å². The van der Waals surface area contributed by atoms with Crippen LogP contribution < -0.4 is 5.32 Å². The first-order valence-corrected chi connectivity index (χ1v) is 10.9. The fraction of sp³-hybridized carbons (Fsp3) is 0.417. The van der Waals surface area contributed by atoms with Crippen molar-refractivity contribution < 1.29 is 9.53 Å². The van der Waals surface area contributed by atoms with E-state index in [1.165, 1.54) is 11.1 Å². The van der Waals surface area contributed by atoms with Crippen LogP contribution in [0, 0.1) is 6.92 Å². The summed E-state index contributed by atoms with van der Waals surface area (Å²) >= 11 is 0. The summed E-state index contributed by atoms with van der Waals surface area (Å²) in [5, 5.41) is 15.8. The van der Waals surface area contributed by atoms with Gasteiger partial charge in [-0.25, -0.2) is 0 Å². The number of aromatic nitrogens is 4. The summed E-state index contributed by atoms with van der Waals surface area (Å²) in [5.74, 6) is 0.660. The predicted octanol–water partition coefficient (Wildman–Crippen LogP) is 3.29. The van der Waals surface area contributed by atoms with Gasteiger partial charge in [0.05, 0.1) is 6.54 Å². The van der Waals surface area contributed by atoms with Crippen LogP contribution in [0.3, 0.4) is 0 Å². The number of nitrogens with one attached hydrogen (secondary N) is 1. The molecule has 0 saturated carbocycles. The van der Waals surface area contributed by atoms with Gasteiger partial charge < -0.3 is 10.1 Å². The summed E-state index contributed by atoms with van der Waals surface area (Å²) in [7, 11) is 0. The van der Waals surface area contributed by atoms with E-state index in [1.54, 1.807) is 4.80 Å². The average molecular weight is 420 g/mol. The van der Waals surface area contributed by atoms with E-state index in [-0.39, 0.29) is 11.3 Å². The lowest BCUT2D eigenvalue weighted by Gasteiger charge is -2.39. The molecule has 31 heavy (non-hydrogen) atoms. The number of ether oxygens (including phenoxy) is 1. The molecule has 1 N–H and O–H groups in total. The topological polar surface area (TPSA) is 81.9 Å². The van der Waals surface area contributed by atoms with Crippen molar-refractivity contribution in [1.29, 1.82) is 0 Å². The third-order valence-corrected chi connectivity index (χ3v) is 6.04. The van der Waals surface area contributed by atoms with Gasteiger partial charge in [-0.2, -0.15) is 4.80 Å². The van der Waals surface area contributed by atoms with Gasteiger partial charge in [0.1, 0.15) is 0 Å². The Labute approximate surface area is 182 Å². The summed E-state index contributed by atoms with van der Waals surface area (Å²) in [6.07, 6.45) is 2.94. The monoisotopic (exact) mass is 419 g/mol. The summed E-state index contributed by atoms with van der Waals surface area (Å²) in [5.41, 5.74) is 3.46. The van der Waals surface area contributed by atoms with Crippen molar-refractivity contribution in [2.75, 3.05) is 19.8 Å². The predicted molar refractivity (Wildman–Crippen MR) is 118 cm³/mol. The molecule has 2 heterocycles. The van der Waals surface area contributed by atoms with E-state index >= 15 is 0 Å². The minimum Gasteiger partial charge on any atom is -0.381 e. The second-order valence-electron chi connectivity index (χ2n) is 8.16. The maximum Gasteiger partial charge on any atom is 0.220 e. The Morgan fingerprint density at radius 1 is 1.10 bits per heavy atom. The number of nitrogens with zero attached hydrogens (tertiary/aromatic N) is 4. The van der Waals surface area contributed by atoms with Gasteiger partial charge in [-0.3, -0.25) is 4.79 Å². The molecule has 0 radical (unpaired) electrons. The van der Waals surface area contributed by atoms with Gasteiger partial charge in [0.25, 0.3) is 0 Å². The Hall–Kier alpha value is -3.06. The fourth-order valence-electron chi connectivity index (χ4n) is 4.25. The van der Waals surface area contributed by atoms with Gasteiger partial charge >= 0.3 is 0 Å². The third kappa shape index (κ3) is 5.17. The zero-order chi connectivity index (χ0) is 21.5. The summed E-state index contributed by atoms with van der Waals surface area (Å²) in [4.78, 5) is 14.1. The normalized spacial score (nSPS) is 15.5. The summed E-state index contributed by atoms with van der Waals surface area (Å²) < 4.78 is 5.61. The molecule has 162 valence electrons. The van der Waals surface area contributed by atoms with Crippen LogP contribution >= 0.6 is 0 Å². The number of hydrogen-bond acceptors (Lipinski definition) is 5. The standard InChI is InChI=1S/C24H29N5O2/c1-19-8-5-6-11-21(19)24(13-16-31-17-14-24)18-25-22(30)12-7-15-29-27-23(26-28-29)20-9-3-2-4-10-20/h2-6,8-11H,7,12-18H2,1H3,(H,25,30). The summed E-state index contributed by atoms with van der Waals surface area (Å²) in [6, 6.07) is 18.2. The molecule has 7 nitrogen and oxygen atoms in total. The number of aryl methyl sites for hydroxylation is 2. The van der Waals surface area contributed by atoms with Crippen molar-refractivity contribution >= 4 is 5.91 Å². The lowest BCUT2D eigenvalue weighted by Crippen LogP contribution is -2.45. The van der Waals surface area contributed by atoms with Crippen LogP contribution in [-0.2, 0) is 21.5 Å². The third-order valence-electron chi connectivity index (χ3n) is 6.04. The Bertz CT molecular complexity index is 996. The Morgan fingerprint density at radius 2 is 1.84 bits per heavy atom. The van der Waals surface area contributed by atoms with Gasteiger partial charge in [-0.1, -0.05) is 54.6 Å². The van der Waals surface area contributed by atoms with Crippen molar-refractivity contribution in [2.24, 2.45) is 0 Å². The molecule has 2 aromatic carbocycles. The molecule has 0 aliphatic carbocycles. The molecule has 0 unspecified atom stereocenters. The molecule has 1 aliphatic rings. The fourth-order valence-corrected chi connectivity index (χ4v) is 4.25. The van der Waals surface area contributed by atoms with Crippen molar-refractivity contribution in [3.63, 3.8) is 0 Å². The second-order valence-corrected chi connectivity index (χ2v) is 8.16. The van der Waals surface area contributed by atoms with E-state index in [9.17, 15) is 4.79 Å². The molecule has 1 fully saturated rings. The van der Waals surface area contributed by atoms with Crippen LogP contribution in [0.5, 0.6) is 0 Å². The number of amides is 1. The molecular formula is C24H29N5O2. The number of rotatable bonds is 8. The zero-order valence-electron chi connectivity index (χ0n) is 18.0. The smallest absolute Gasteiger partial charge is 0.220 e. The van der Waals surface area contributed by atoms with Gasteiger partial charge in [-0.15, -0.1) is 10.2 Å². The maximum atomic E-state index is 12.6. The van der Waals surface area contributed by atoms with Crippen LogP contribution in [0.15, 0.2) is 54.6 Å². The first kappa shape index (κ1) is 21.2. The summed E-state index contributed by atoms with van der Waals surface area (Å²) in [6.45, 7) is 4.80. The second kappa shape index (κ2) is 9.83. The molecule has 1 saturated heterocycles. The molecule has 1 aromatic heterocycles. The minimum absolute atomic E-state index is 0.0582. The van der Waals surface area contributed by atoms with E-state index in [4.69, 9.17) is 4.74 Å². The van der Waals surface area contributed by atoms with Crippen LogP contribution in [0.2, 0.25) is 0 Å². The van der Waals surface area contributed by atoms with Crippen LogP contribution in [-0.4, -0.2) is 45.9 Å². The van der Waals surface area contributed by atoms with Crippen molar-refractivity contribution in [3.8, 4) is 11.4 Å². The Morgan fingerprint density at radius 3 is 2.61 bits per heavy atom. The van der Waals surface area contributed by atoms with Crippen molar-refractivity contribution in [3.05, 3.63) is 65.7 Å². The maximum absolute atomic E-state index is 12.6. The SMILES string of the molecule is Cc1ccccc1C1(CNC(=O)CCCn2nnc(-c3ccccc3)n2)CCOCC1. The van der Waals surface area contributed by atoms with Gasteiger partial charge in [-0.05, 0) is 42.5 Å². The molecule has 4 rings (SSSR count). The molecule has 7 heteroatoms. The van der Waals surface area contributed by atoms with Crippen LogP contribution in [0.4, 0.5) is 0 Å². The van der Waals surface area contributed by atoms with Gasteiger partial charge in [0, 0.05) is 37.2 Å². The number of hydrogen-bond donors (Lipinski definition) is 1. The lowest BCUT2D eigenvalue weighted by atomic mass is 9.72. The molecule has 3 aromatic rings. The van der Waals surface area contributed by atoms with Crippen molar-refractivity contribution in [2.45, 2.75) is 44.6 Å². The first-order valence-electron chi connectivity index (χ1n) is 10.9. The quantitative estimate of drug-likeness (QED) is 0.606. The van der Waals surface area contributed by atoms with E-state index in [2.05, 4.69) is 51.9 Å². The Kier molecular flexibility index (Phi) is 6.72. The molecule has 0 atom stereocenters. The number of carbonyl (C=O) groups is 1. The largest absolute Gasteiger partial charge is 0.381 e. The lowest BCUT2D eigenvalue weighted by molar-refractivity contribution is -0.121. The Balaban J connectivity index is 1.29. The zero-order valence-corrected chi connectivity index (χ0v) is 18.0. The van der Waals surface area contributed by atoms with Gasteiger partial charge in [0.2, 0.25) is 11.7 Å². The molecule has 1 amide bonds. The molecule has 0 spiro atoms. The highest BCUT2D eigenvalue weighted by molar-refractivity contribution is 5.76. The average Bonchev–Trinajstić information content (AvgIpc) is 3.28. The van der Waals surface area contributed by atoms with E-state index in [1.807, 2.05) is 30.3 Å². The minimum atomic E-state index is -0.0582. The highest BCUT2D eigenvalue weighted by Crippen LogP contribution is 2.36. The number of tetrazole rings is 1.